The number of nitrogens with zero attached hydrogens (tertiary/aromatic N) is 3. The summed E-state index contributed by atoms with van der Waals surface area (Å²) in [6, 6.07) is 11.5. The second-order valence-corrected chi connectivity index (χ2v) is 8.39. The summed E-state index contributed by atoms with van der Waals surface area (Å²) in [5, 5.41) is 11.0. The largest absolute Gasteiger partial charge is 0.507 e. The second-order valence-electron chi connectivity index (χ2n) is 8.39. The lowest BCUT2D eigenvalue weighted by molar-refractivity contribution is -0.139. The number of hydrogen-bond donors (Lipinski definition) is 1. The van der Waals surface area contributed by atoms with Crippen LogP contribution in [0.15, 0.2) is 72.8 Å². The highest BCUT2D eigenvalue weighted by atomic mass is 19.1. The van der Waals surface area contributed by atoms with Crippen LogP contribution < -0.4 is 4.74 Å². The molecule has 176 valence electrons. The third-order valence-corrected chi connectivity index (χ3v) is 5.60. The van der Waals surface area contributed by atoms with E-state index in [1.54, 1.807) is 36.8 Å². The number of hydrogen-bond acceptors (Lipinski definition) is 5. The molecule has 0 spiro atoms. The van der Waals surface area contributed by atoms with Gasteiger partial charge in [-0.05, 0) is 62.2 Å². The van der Waals surface area contributed by atoms with Gasteiger partial charge in [-0.25, -0.2) is 9.37 Å². The maximum absolute atomic E-state index is 13.4. The average Bonchev–Trinajstić information content (AvgIpc) is 3.42. The van der Waals surface area contributed by atoms with Crippen LogP contribution in [-0.2, 0) is 16.1 Å². The summed E-state index contributed by atoms with van der Waals surface area (Å²) in [4.78, 5) is 31.6. The summed E-state index contributed by atoms with van der Waals surface area (Å²) < 4.78 is 21.0. The summed E-state index contributed by atoms with van der Waals surface area (Å²) in [6.07, 6.45) is 5.78. The number of rotatable bonds is 8. The van der Waals surface area contributed by atoms with Gasteiger partial charge in [-0.3, -0.25) is 9.59 Å². The van der Waals surface area contributed by atoms with Crippen LogP contribution in [0.3, 0.4) is 0 Å². The Hall–Kier alpha value is -3.94. The topological polar surface area (TPSA) is 84.7 Å². The molecule has 1 N–H and O–H groups in total. The van der Waals surface area contributed by atoms with Gasteiger partial charge in [0, 0.05) is 31.0 Å². The number of likely N-dealkylation sites (tertiary alicyclic amines) is 1. The molecule has 1 saturated heterocycles. The van der Waals surface area contributed by atoms with E-state index in [1.165, 1.54) is 29.2 Å². The smallest absolute Gasteiger partial charge is 0.295 e. The average molecular weight is 464 g/mol. The number of aliphatic hydroxyl groups excluding tert-OH is 1. The number of ether oxygens (including phenoxy) is 1. The van der Waals surface area contributed by atoms with Crippen molar-refractivity contribution in [3.05, 3.63) is 89.8 Å². The van der Waals surface area contributed by atoms with Crippen molar-refractivity contribution in [1.82, 2.24) is 14.5 Å². The number of benzene rings is 2. The molecule has 7 nitrogen and oxygen atoms in total. The second kappa shape index (κ2) is 9.91. The lowest BCUT2D eigenvalue weighted by atomic mass is 9.95. The summed E-state index contributed by atoms with van der Waals surface area (Å²) >= 11 is 0. The van der Waals surface area contributed by atoms with Crippen LogP contribution in [0.4, 0.5) is 4.39 Å². The number of aromatic nitrogens is 2. The molecular weight excluding hydrogens is 437 g/mol. The Morgan fingerprint density at radius 2 is 1.79 bits per heavy atom. The maximum Gasteiger partial charge on any atom is 0.295 e. The maximum atomic E-state index is 13.4. The number of aliphatic hydroxyl groups is 1. The van der Waals surface area contributed by atoms with E-state index in [0.29, 0.717) is 30.8 Å². The summed E-state index contributed by atoms with van der Waals surface area (Å²) in [6.45, 7) is 4.77. The van der Waals surface area contributed by atoms with Crippen LogP contribution in [0.1, 0.15) is 37.4 Å². The van der Waals surface area contributed by atoms with Crippen LogP contribution in [0.25, 0.3) is 5.76 Å². The normalized spacial score (nSPS) is 17.5. The monoisotopic (exact) mass is 463 g/mol. The van der Waals surface area contributed by atoms with Gasteiger partial charge >= 0.3 is 0 Å². The molecule has 1 atom stereocenters. The number of Topliss-reactive ketones (excluding diaryl/α,β-unsaturated/α-hetero) is 1. The minimum Gasteiger partial charge on any atom is -0.507 e. The predicted octanol–water partition coefficient (Wildman–Crippen LogP) is 4.32. The molecule has 2 aromatic carbocycles. The van der Waals surface area contributed by atoms with Gasteiger partial charge < -0.3 is 19.3 Å². The zero-order chi connectivity index (χ0) is 24.2. The number of carbonyl (C=O) groups excluding carboxylic acids is 2. The first-order chi connectivity index (χ1) is 16.3. The highest BCUT2D eigenvalue weighted by Gasteiger charge is 2.45. The van der Waals surface area contributed by atoms with Gasteiger partial charge in [0.25, 0.3) is 11.7 Å². The first kappa shape index (κ1) is 23.2. The zero-order valence-corrected chi connectivity index (χ0v) is 19.0. The van der Waals surface area contributed by atoms with Gasteiger partial charge in [-0.15, -0.1) is 0 Å². The molecule has 1 amide bonds. The van der Waals surface area contributed by atoms with Crippen LogP contribution in [0.2, 0.25) is 0 Å². The molecule has 34 heavy (non-hydrogen) atoms. The van der Waals surface area contributed by atoms with Gasteiger partial charge in [0.05, 0.1) is 24.0 Å². The SMILES string of the molecule is CC(C)Oc1ccc(C2/C(=C(\O)c3ccc(F)cc3)C(=O)C(=O)N2CCCn2ccnc2)cc1. The number of ketones is 1. The number of halogens is 1. The fourth-order valence-corrected chi connectivity index (χ4v) is 4.06. The Labute approximate surface area is 197 Å². The van der Waals surface area contributed by atoms with Crippen LogP contribution in [0.5, 0.6) is 5.75 Å². The van der Waals surface area contributed by atoms with E-state index in [1.807, 2.05) is 24.6 Å². The first-order valence-electron chi connectivity index (χ1n) is 11.1. The lowest BCUT2D eigenvalue weighted by Gasteiger charge is -2.25. The Bertz CT molecular complexity index is 1190. The number of amides is 1. The molecule has 4 rings (SSSR count). The summed E-state index contributed by atoms with van der Waals surface area (Å²) in [5.74, 6) is -1.58. The molecule has 1 aliphatic heterocycles. The van der Waals surface area contributed by atoms with E-state index < -0.39 is 23.5 Å². The van der Waals surface area contributed by atoms with Crippen molar-refractivity contribution in [2.75, 3.05) is 6.54 Å². The first-order valence-corrected chi connectivity index (χ1v) is 11.1. The molecule has 0 aliphatic carbocycles. The minimum atomic E-state index is -0.777. The Morgan fingerprint density at radius 3 is 2.41 bits per heavy atom. The van der Waals surface area contributed by atoms with Crippen LogP contribution >= 0.6 is 0 Å². The van der Waals surface area contributed by atoms with E-state index in [0.717, 1.165) is 0 Å². The molecule has 8 heteroatoms. The third kappa shape index (κ3) is 4.85. The van der Waals surface area contributed by atoms with Crippen LogP contribution in [-0.4, -0.2) is 43.9 Å². The van der Waals surface area contributed by atoms with Crippen LogP contribution in [0, 0.1) is 5.82 Å². The van der Waals surface area contributed by atoms with Crippen molar-refractivity contribution in [3.8, 4) is 5.75 Å². The molecule has 1 aliphatic rings. The predicted molar refractivity (Wildman–Crippen MR) is 124 cm³/mol. The van der Waals surface area contributed by atoms with Crippen molar-refractivity contribution < 1.29 is 23.8 Å². The van der Waals surface area contributed by atoms with Gasteiger partial charge in [-0.1, -0.05) is 12.1 Å². The van der Waals surface area contributed by atoms with E-state index in [9.17, 15) is 19.1 Å². The van der Waals surface area contributed by atoms with E-state index in [-0.39, 0.29) is 23.0 Å². The van der Waals surface area contributed by atoms with Crippen molar-refractivity contribution >= 4 is 17.4 Å². The van der Waals surface area contributed by atoms with Gasteiger partial charge in [0.2, 0.25) is 0 Å². The highest BCUT2D eigenvalue weighted by molar-refractivity contribution is 6.46. The molecule has 2 heterocycles. The van der Waals surface area contributed by atoms with Crippen molar-refractivity contribution in [3.63, 3.8) is 0 Å². The zero-order valence-electron chi connectivity index (χ0n) is 19.0. The molecule has 0 radical (unpaired) electrons. The fourth-order valence-electron chi connectivity index (χ4n) is 4.06. The van der Waals surface area contributed by atoms with E-state index in [4.69, 9.17) is 4.74 Å². The molecular formula is C26H26FN3O4. The molecule has 1 fully saturated rings. The van der Waals surface area contributed by atoms with Crippen molar-refractivity contribution in [2.24, 2.45) is 0 Å². The van der Waals surface area contributed by atoms with Gasteiger partial charge in [0.15, 0.2) is 0 Å². The minimum absolute atomic E-state index is 0.00172. The van der Waals surface area contributed by atoms with Gasteiger partial charge in [-0.2, -0.15) is 0 Å². The van der Waals surface area contributed by atoms with E-state index in [2.05, 4.69) is 4.98 Å². The number of imidazole rings is 1. The Morgan fingerprint density at radius 1 is 1.09 bits per heavy atom. The van der Waals surface area contributed by atoms with Gasteiger partial charge in [0.1, 0.15) is 17.3 Å². The Kier molecular flexibility index (Phi) is 6.77. The van der Waals surface area contributed by atoms with Crippen molar-refractivity contribution in [1.29, 1.82) is 0 Å². The lowest BCUT2D eigenvalue weighted by Crippen LogP contribution is -2.31. The molecule has 1 aromatic heterocycles. The highest BCUT2D eigenvalue weighted by Crippen LogP contribution is 2.40. The Balaban J connectivity index is 1.71. The molecule has 3 aromatic rings. The summed E-state index contributed by atoms with van der Waals surface area (Å²) in [7, 11) is 0. The molecule has 0 bridgehead atoms. The third-order valence-electron chi connectivity index (χ3n) is 5.60. The number of carbonyl (C=O) groups is 2. The van der Waals surface area contributed by atoms with Crippen molar-refractivity contribution in [2.45, 2.75) is 39.0 Å². The standard InChI is InChI=1S/C26H26FN3O4/c1-17(2)34-21-10-6-18(7-11-21)23-22(24(31)19-4-8-20(27)9-5-19)25(32)26(33)30(23)14-3-13-29-15-12-28-16-29/h4-12,15-17,23,31H,3,13-14H2,1-2H3/b24-22+. The quantitative estimate of drug-likeness (QED) is 0.306. The molecule has 0 saturated carbocycles. The van der Waals surface area contributed by atoms with E-state index >= 15 is 0 Å². The molecule has 1 unspecified atom stereocenters. The summed E-state index contributed by atoms with van der Waals surface area (Å²) in [5.41, 5.74) is 0.918. The fraction of sp³-hybridized carbons (Fsp3) is 0.269. The number of aryl methyl sites for hydroxylation is 1.